The zero-order valence-corrected chi connectivity index (χ0v) is 7.95. The molecule has 0 spiro atoms. The molecule has 0 radical (unpaired) electrons. The Morgan fingerprint density at radius 1 is 1.38 bits per heavy atom. The second kappa shape index (κ2) is 3.94. The van der Waals surface area contributed by atoms with Crippen molar-refractivity contribution in [1.29, 1.82) is 0 Å². The van der Waals surface area contributed by atoms with Gasteiger partial charge in [-0.25, -0.2) is 0 Å². The fourth-order valence-electron chi connectivity index (χ4n) is 1.08. The van der Waals surface area contributed by atoms with Gasteiger partial charge in [0.25, 0.3) is 0 Å². The molecular weight excluding hydrogens is 164 g/mol. The summed E-state index contributed by atoms with van der Waals surface area (Å²) in [5, 5.41) is 0. The molecule has 0 saturated carbocycles. The quantitative estimate of drug-likeness (QED) is 0.700. The molecule has 0 aliphatic carbocycles. The third kappa shape index (κ3) is 2.21. The van der Waals surface area contributed by atoms with E-state index in [0.29, 0.717) is 12.1 Å². The van der Waals surface area contributed by atoms with Gasteiger partial charge in [0, 0.05) is 24.8 Å². The van der Waals surface area contributed by atoms with E-state index in [-0.39, 0.29) is 5.91 Å². The summed E-state index contributed by atoms with van der Waals surface area (Å²) in [6, 6.07) is 7.25. The van der Waals surface area contributed by atoms with Crippen molar-refractivity contribution in [2.24, 2.45) is 0 Å². The van der Waals surface area contributed by atoms with Gasteiger partial charge in [-0.1, -0.05) is 6.92 Å². The van der Waals surface area contributed by atoms with Gasteiger partial charge in [-0.15, -0.1) is 0 Å². The Bertz CT molecular complexity index is 292. The lowest BCUT2D eigenvalue weighted by Crippen LogP contribution is -2.24. The Kier molecular flexibility index (Phi) is 2.90. The highest BCUT2D eigenvalue weighted by molar-refractivity contribution is 5.92. The van der Waals surface area contributed by atoms with Crippen LogP contribution in [0, 0.1) is 0 Å². The highest BCUT2D eigenvalue weighted by Gasteiger charge is 2.06. The minimum atomic E-state index is 0.102. The van der Waals surface area contributed by atoms with Gasteiger partial charge < -0.3 is 10.6 Å². The monoisotopic (exact) mass is 178 g/mol. The third-order valence-electron chi connectivity index (χ3n) is 1.96. The van der Waals surface area contributed by atoms with E-state index in [1.807, 2.05) is 19.1 Å². The Morgan fingerprint density at radius 2 is 1.92 bits per heavy atom. The molecule has 1 amide bonds. The number of nitrogens with two attached hydrogens (primary N) is 1. The Labute approximate surface area is 78.2 Å². The first kappa shape index (κ1) is 9.58. The van der Waals surface area contributed by atoms with Gasteiger partial charge in [0.05, 0.1) is 0 Å². The van der Waals surface area contributed by atoms with E-state index < -0.39 is 0 Å². The largest absolute Gasteiger partial charge is 0.399 e. The minimum Gasteiger partial charge on any atom is -0.399 e. The van der Waals surface area contributed by atoms with Gasteiger partial charge in [-0.05, 0) is 24.3 Å². The van der Waals surface area contributed by atoms with Crippen molar-refractivity contribution in [3.8, 4) is 0 Å². The van der Waals surface area contributed by atoms with Crippen molar-refractivity contribution in [1.82, 2.24) is 0 Å². The van der Waals surface area contributed by atoms with Crippen LogP contribution in [-0.2, 0) is 4.79 Å². The van der Waals surface area contributed by atoms with E-state index in [1.54, 1.807) is 24.1 Å². The van der Waals surface area contributed by atoms with Crippen LogP contribution >= 0.6 is 0 Å². The molecular formula is C10H14N2O. The summed E-state index contributed by atoms with van der Waals surface area (Å²) in [4.78, 5) is 12.9. The molecule has 13 heavy (non-hydrogen) atoms. The second-order valence-corrected chi connectivity index (χ2v) is 2.90. The van der Waals surface area contributed by atoms with Gasteiger partial charge in [0.1, 0.15) is 0 Å². The van der Waals surface area contributed by atoms with Gasteiger partial charge in [0.2, 0.25) is 5.91 Å². The van der Waals surface area contributed by atoms with Gasteiger partial charge in [-0.2, -0.15) is 0 Å². The van der Waals surface area contributed by atoms with Crippen LogP contribution in [-0.4, -0.2) is 13.0 Å². The molecule has 1 aromatic carbocycles. The molecule has 3 nitrogen and oxygen atoms in total. The maximum absolute atomic E-state index is 11.3. The van der Waals surface area contributed by atoms with Crippen molar-refractivity contribution in [3.63, 3.8) is 0 Å². The van der Waals surface area contributed by atoms with Crippen molar-refractivity contribution in [3.05, 3.63) is 24.3 Å². The van der Waals surface area contributed by atoms with Gasteiger partial charge >= 0.3 is 0 Å². The van der Waals surface area contributed by atoms with Gasteiger partial charge in [0.15, 0.2) is 0 Å². The van der Waals surface area contributed by atoms with Crippen LogP contribution < -0.4 is 10.6 Å². The fourth-order valence-corrected chi connectivity index (χ4v) is 1.08. The zero-order valence-electron chi connectivity index (χ0n) is 7.95. The van der Waals surface area contributed by atoms with E-state index in [9.17, 15) is 4.79 Å². The molecule has 1 aromatic rings. The summed E-state index contributed by atoms with van der Waals surface area (Å²) >= 11 is 0. The van der Waals surface area contributed by atoms with Crippen LogP contribution in [0.25, 0.3) is 0 Å². The fraction of sp³-hybridized carbons (Fsp3) is 0.300. The van der Waals surface area contributed by atoms with Gasteiger partial charge in [-0.3, -0.25) is 4.79 Å². The minimum absolute atomic E-state index is 0.102. The lowest BCUT2D eigenvalue weighted by Gasteiger charge is -2.16. The first-order chi connectivity index (χ1) is 6.15. The number of rotatable bonds is 2. The van der Waals surface area contributed by atoms with Crippen molar-refractivity contribution >= 4 is 17.3 Å². The number of carbonyl (C=O) groups is 1. The molecule has 0 aliphatic rings. The number of benzene rings is 1. The summed E-state index contributed by atoms with van der Waals surface area (Å²) in [7, 11) is 1.76. The molecule has 0 aromatic heterocycles. The number of nitrogens with zero attached hydrogens (tertiary/aromatic N) is 1. The number of carbonyl (C=O) groups excluding carboxylic acids is 1. The predicted molar refractivity (Wildman–Crippen MR) is 54.6 cm³/mol. The molecule has 0 aliphatic heterocycles. The molecule has 0 heterocycles. The third-order valence-corrected chi connectivity index (χ3v) is 1.96. The zero-order chi connectivity index (χ0) is 9.84. The van der Waals surface area contributed by atoms with Crippen LogP contribution in [0.3, 0.4) is 0 Å². The Morgan fingerprint density at radius 3 is 2.38 bits per heavy atom. The topological polar surface area (TPSA) is 46.3 Å². The van der Waals surface area contributed by atoms with Crippen LogP contribution in [0.5, 0.6) is 0 Å². The van der Waals surface area contributed by atoms with E-state index in [2.05, 4.69) is 0 Å². The molecule has 3 heteroatoms. The smallest absolute Gasteiger partial charge is 0.226 e. The lowest BCUT2D eigenvalue weighted by atomic mass is 10.2. The average molecular weight is 178 g/mol. The normalized spacial score (nSPS) is 9.69. The molecule has 0 bridgehead atoms. The van der Waals surface area contributed by atoms with E-state index in [0.717, 1.165) is 5.69 Å². The van der Waals surface area contributed by atoms with Crippen LogP contribution in [0.2, 0.25) is 0 Å². The highest BCUT2D eigenvalue weighted by atomic mass is 16.2. The van der Waals surface area contributed by atoms with E-state index in [4.69, 9.17) is 5.73 Å². The molecule has 2 N–H and O–H groups in total. The molecule has 0 atom stereocenters. The standard InChI is InChI=1S/C10H14N2O/c1-3-10(13)12(2)9-6-4-8(11)5-7-9/h4-7H,3,11H2,1-2H3. The number of nitrogen functional groups attached to an aromatic ring is 1. The summed E-state index contributed by atoms with van der Waals surface area (Å²) in [6.45, 7) is 1.84. The number of hydrogen-bond acceptors (Lipinski definition) is 2. The van der Waals surface area contributed by atoms with Crippen LogP contribution in [0.4, 0.5) is 11.4 Å². The summed E-state index contributed by atoms with van der Waals surface area (Å²) < 4.78 is 0. The van der Waals surface area contributed by atoms with Crippen molar-refractivity contribution < 1.29 is 4.79 Å². The van der Waals surface area contributed by atoms with Crippen LogP contribution in [0.1, 0.15) is 13.3 Å². The van der Waals surface area contributed by atoms with Crippen molar-refractivity contribution in [2.75, 3.05) is 17.7 Å². The molecule has 0 saturated heterocycles. The first-order valence-electron chi connectivity index (χ1n) is 4.27. The Balaban J connectivity index is 2.83. The first-order valence-corrected chi connectivity index (χ1v) is 4.27. The Hall–Kier alpha value is -1.51. The number of amides is 1. The summed E-state index contributed by atoms with van der Waals surface area (Å²) in [5.41, 5.74) is 7.12. The molecule has 1 rings (SSSR count). The maximum Gasteiger partial charge on any atom is 0.226 e. The number of anilines is 2. The SMILES string of the molecule is CCC(=O)N(C)c1ccc(N)cc1. The van der Waals surface area contributed by atoms with Crippen LogP contribution in [0.15, 0.2) is 24.3 Å². The molecule has 0 fully saturated rings. The van der Waals surface area contributed by atoms with Crippen molar-refractivity contribution in [2.45, 2.75) is 13.3 Å². The molecule has 0 unspecified atom stereocenters. The average Bonchev–Trinajstić information content (AvgIpc) is 2.17. The predicted octanol–water partition coefficient (Wildman–Crippen LogP) is 1.64. The summed E-state index contributed by atoms with van der Waals surface area (Å²) in [6.07, 6.45) is 0.515. The molecule has 70 valence electrons. The van der Waals surface area contributed by atoms with E-state index >= 15 is 0 Å². The highest BCUT2D eigenvalue weighted by Crippen LogP contribution is 2.15. The maximum atomic E-state index is 11.3. The summed E-state index contributed by atoms with van der Waals surface area (Å²) in [5.74, 6) is 0.102. The number of hydrogen-bond donors (Lipinski definition) is 1. The lowest BCUT2D eigenvalue weighted by molar-refractivity contribution is -0.118. The van der Waals surface area contributed by atoms with E-state index in [1.165, 1.54) is 0 Å². The second-order valence-electron chi connectivity index (χ2n) is 2.90.